The first-order valence-electron chi connectivity index (χ1n) is 12.5. The van der Waals surface area contributed by atoms with Crippen molar-refractivity contribution in [2.75, 3.05) is 38.1 Å². The van der Waals surface area contributed by atoms with Gasteiger partial charge in [-0.25, -0.2) is 14.6 Å². The number of rotatable bonds is 6. The number of nitrogens with two attached hydrogens (primary N) is 1. The van der Waals surface area contributed by atoms with Crippen LogP contribution in [0.4, 0.5) is 24.7 Å². The highest BCUT2D eigenvalue weighted by Gasteiger charge is 2.43. The number of pyridine rings is 1. The lowest BCUT2D eigenvalue weighted by Gasteiger charge is -2.35. The van der Waals surface area contributed by atoms with Crippen molar-refractivity contribution in [1.29, 1.82) is 5.26 Å². The van der Waals surface area contributed by atoms with Gasteiger partial charge < -0.3 is 20.1 Å². The van der Waals surface area contributed by atoms with E-state index in [9.17, 15) is 28.0 Å². The molecule has 1 atom stereocenters. The molecule has 0 aliphatic carbocycles. The topological polar surface area (TPSA) is 122 Å². The number of carbonyl (C=O) groups is 2. The fourth-order valence-electron chi connectivity index (χ4n) is 4.62. The number of carbonyl (C=O) groups excluding carboxylic acids is 2. The van der Waals surface area contributed by atoms with Crippen LogP contribution in [0, 0.1) is 11.3 Å². The molecule has 0 spiro atoms. The molecule has 2 N–H and O–H groups in total. The van der Waals surface area contributed by atoms with Crippen molar-refractivity contribution in [3.05, 3.63) is 101 Å². The normalized spacial score (nSPS) is 15.3. The van der Waals surface area contributed by atoms with Crippen LogP contribution in [0.25, 0.3) is 11.3 Å². The Labute approximate surface area is 239 Å². The summed E-state index contributed by atoms with van der Waals surface area (Å²) in [7, 11) is 5.43. The first kappa shape index (κ1) is 29.7. The maximum absolute atomic E-state index is 13.6. The summed E-state index contributed by atoms with van der Waals surface area (Å²) >= 11 is 0. The molecule has 0 amide bonds. The number of esters is 2. The molecule has 2 heterocycles. The van der Waals surface area contributed by atoms with Crippen LogP contribution in [0.15, 0.2) is 89.4 Å². The second-order valence-electron chi connectivity index (χ2n) is 9.37. The molecular weight excluding hydrogens is 551 g/mol. The van der Waals surface area contributed by atoms with E-state index in [0.717, 1.165) is 26.4 Å². The van der Waals surface area contributed by atoms with Crippen molar-refractivity contribution >= 4 is 23.4 Å². The van der Waals surface area contributed by atoms with E-state index in [1.54, 1.807) is 44.4 Å². The number of anilines is 2. The number of halogens is 3. The molecule has 12 heteroatoms. The zero-order chi connectivity index (χ0) is 30.8. The highest BCUT2D eigenvalue weighted by Crippen LogP contribution is 2.43. The van der Waals surface area contributed by atoms with Crippen molar-refractivity contribution in [2.45, 2.75) is 12.1 Å². The van der Waals surface area contributed by atoms with E-state index in [0.29, 0.717) is 11.1 Å². The summed E-state index contributed by atoms with van der Waals surface area (Å²) in [4.78, 5) is 33.4. The summed E-state index contributed by atoms with van der Waals surface area (Å²) in [6.07, 6.45) is -4.59. The average molecular weight is 578 g/mol. The Morgan fingerprint density at radius 1 is 1.00 bits per heavy atom. The summed E-state index contributed by atoms with van der Waals surface area (Å²) in [5.74, 6) is -2.87. The minimum Gasteiger partial charge on any atom is -0.466 e. The van der Waals surface area contributed by atoms with E-state index in [-0.39, 0.29) is 39.9 Å². The Bertz CT molecular complexity index is 1630. The molecule has 0 radical (unpaired) electrons. The van der Waals surface area contributed by atoms with E-state index >= 15 is 0 Å². The maximum Gasteiger partial charge on any atom is 0.416 e. The Balaban J connectivity index is 1.92. The number of aromatic nitrogens is 1. The van der Waals surface area contributed by atoms with E-state index in [2.05, 4.69) is 11.1 Å². The molecule has 3 aromatic rings. The molecule has 0 saturated heterocycles. The number of methoxy groups -OCH3 is 2. The number of benzene rings is 2. The van der Waals surface area contributed by atoms with Crippen LogP contribution < -0.4 is 15.5 Å². The first-order valence-corrected chi connectivity index (χ1v) is 12.5. The average Bonchev–Trinajstić information content (AvgIpc) is 2.99. The molecule has 42 heavy (non-hydrogen) atoms. The van der Waals surface area contributed by atoms with Gasteiger partial charge in [-0.15, -0.1) is 0 Å². The minimum atomic E-state index is -4.59. The van der Waals surface area contributed by atoms with Gasteiger partial charge in [-0.2, -0.15) is 18.4 Å². The summed E-state index contributed by atoms with van der Waals surface area (Å²) in [6, 6.07) is 18.4. The van der Waals surface area contributed by atoms with Crippen molar-refractivity contribution in [1.82, 2.24) is 4.98 Å². The summed E-state index contributed by atoms with van der Waals surface area (Å²) < 4.78 is 50.8. The highest BCUT2D eigenvalue weighted by atomic mass is 19.4. The Morgan fingerprint density at radius 2 is 1.62 bits per heavy atom. The van der Waals surface area contributed by atoms with Gasteiger partial charge in [0.05, 0.1) is 48.6 Å². The van der Waals surface area contributed by atoms with E-state index < -0.39 is 29.6 Å². The third kappa shape index (κ3) is 5.49. The minimum absolute atomic E-state index is 0.0199. The number of hydrogen-bond donors (Lipinski definition) is 1. The number of ether oxygens (including phenoxy) is 2. The van der Waals surface area contributed by atoms with Gasteiger partial charge in [-0.05, 0) is 29.8 Å². The zero-order valence-corrected chi connectivity index (χ0v) is 23.1. The van der Waals surface area contributed by atoms with Gasteiger partial charge in [-0.1, -0.05) is 42.5 Å². The summed E-state index contributed by atoms with van der Waals surface area (Å²) in [5, 5.41) is 10.2. The van der Waals surface area contributed by atoms with Gasteiger partial charge in [0.25, 0.3) is 0 Å². The van der Waals surface area contributed by atoms with Crippen LogP contribution in [0.3, 0.4) is 0 Å². The molecule has 216 valence electrons. The van der Waals surface area contributed by atoms with Crippen LogP contribution in [0.5, 0.6) is 0 Å². The molecule has 1 aromatic heterocycles. The van der Waals surface area contributed by atoms with Crippen LogP contribution in [0.2, 0.25) is 0 Å². The lowest BCUT2D eigenvalue weighted by molar-refractivity contribution is -0.139. The Kier molecular flexibility index (Phi) is 8.24. The zero-order valence-electron chi connectivity index (χ0n) is 23.1. The number of nitriles is 1. The van der Waals surface area contributed by atoms with Gasteiger partial charge in [0, 0.05) is 25.3 Å². The van der Waals surface area contributed by atoms with Crippen molar-refractivity contribution < 1.29 is 32.2 Å². The van der Waals surface area contributed by atoms with E-state index in [1.165, 1.54) is 34.1 Å². The smallest absolute Gasteiger partial charge is 0.416 e. The molecule has 1 aliphatic rings. The fourth-order valence-corrected chi connectivity index (χ4v) is 4.62. The van der Waals surface area contributed by atoms with Crippen LogP contribution in [-0.4, -0.2) is 45.2 Å². The van der Waals surface area contributed by atoms with Crippen molar-refractivity contribution in [3.8, 4) is 17.3 Å². The van der Waals surface area contributed by atoms with Gasteiger partial charge in [0.15, 0.2) is 0 Å². The SMILES string of the molecule is COC(=O)C1=C(C(=O)OC)N(c2ccc(-c3cc(C(F)(F)F)cc(N(C)C)n3)cc2)C(N)=C(C#N)C1c1ccccc1. The van der Waals surface area contributed by atoms with Gasteiger partial charge in [0.2, 0.25) is 0 Å². The van der Waals surface area contributed by atoms with Gasteiger partial charge in [0.1, 0.15) is 17.3 Å². The lowest BCUT2D eigenvalue weighted by Crippen LogP contribution is -2.40. The molecule has 2 aromatic carbocycles. The van der Waals surface area contributed by atoms with Crippen molar-refractivity contribution in [2.24, 2.45) is 5.73 Å². The second kappa shape index (κ2) is 11.7. The monoisotopic (exact) mass is 577 g/mol. The predicted molar refractivity (Wildman–Crippen MR) is 149 cm³/mol. The molecule has 1 unspecified atom stereocenters. The van der Waals surface area contributed by atoms with Crippen molar-refractivity contribution in [3.63, 3.8) is 0 Å². The fraction of sp³-hybridized carbons (Fsp3) is 0.200. The molecule has 0 fully saturated rings. The number of nitrogens with zero attached hydrogens (tertiary/aromatic N) is 4. The van der Waals surface area contributed by atoms with Gasteiger partial charge >= 0.3 is 18.1 Å². The Morgan fingerprint density at radius 3 is 2.14 bits per heavy atom. The van der Waals surface area contributed by atoms with E-state index in [4.69, 9.17) is 15.2 Å². The predicted octanol–water partition coefficient (Wildman–Crippen LogP) is 4.73. The Hall–Kier alpha value is -5.31. The molecule has 0 bridgehead atoms. The van der Waals surface area contributed by atoms with Gasteiger partial charge in [-0.3, -0.25) is 4.90 Å². The van der Waals surface area contributed by atoms with Crippen LogP contribution in [0.1, 0.15) is 17.0 Å². The molecule has 0 saturated carbocycles. The lowest BCUT2D eigenvalue weighted by atomic mass is 9.81. The quantitative estimate of drug-likeness (QED) is 0.415. The second-order valence-corrected chi connectivity index (χ2v) is 9.37. The number of hydrogen-bond acceptors (Lipinski definition) is 9. The number of allylic oxidation sites excluding steroid dienone is 1. The third-order valence-electron chi connectivity index (χ3n) is 6.63. The summed E-state index contributed by atoms with van der Waals surface area (Å²) in [5.41, 5.74) is 6.32. The van der Waals surface area contributed by atoms with E-state index in [1.807, 2.05) is 0 Å². The first-order chi connectivity index (χ1) is 19.9. The molecule has 1 aliphatic heterocycles. The molecule has 4 rings (SSSR count). The summed E-state index contributed by atoms with van der Waals surface area (Å²) in [6.45, 7) is 0. The highest BCUT2D eigenvalue weighted by molar-refractivity contribution is 6.06. The largest absolute Gasteiger partial charge is 0.466 e. The van der Waals surface area contributed by atoms with Crippen LogP contribution in [-0.2, 0) is 25.2 Å². The van der Waals surface area contributed by atoms with Crippen LogP contribution >= 0.6 is 0 Å². The maximum atomic E-state index is 13.6. The third-order valence-corrected chi connectivity index (χ3v) is 6.63. The molecular formula is C30H26F3N5O4. The molecule has 9 nitrogen and oxygen atoms in total. The number of alkyl halides is 3. The standard InChI is InChI=1S/C30H26F3N5O4/c1-37(2)23-15-19(30(31,32)33)14-22(36-23)17-10-12-20(13-11-17)38-26(29(40)42-4)25(28(39)41-3)24(21(16-34)27(38)35)18-8-6-5-7-9-18/h5-15,24H,35H2,1-4H3.